The first-order valence-electron chi connectivity index (χ1n) is 4.36. The second-order valence-corrected chi connectivity index (χ2v) is 4.77. The second-order valence-electron chi connectivity index (χ2n) is 3.26. The Hall–Kier alpha value is -1.95. The van der Waals surface area contributed by atoms with Crippen molar-refractivity contribution < 1.29 is 31.2 Å². The minimum absolute atomic E-state index is 0.366. The molecule has 0 unspecified atom stereocenters. The van der Waals surface area contributed by atoms with Crippen molar-refractivity contribution in [2.75, 3.05) is 0 Å². The van der Waals surface area contributed by atoms with Gasteiger partial charge in [0.15, 0.2) is 0 Å². The molecule has 19 heavy (non-hydrogen) atoms. The van der Waals surface area contributed by atoms with E-state index < -0.39 is 43.5 Å². The number of primary sulfonamides is 1. The summed E-state index contributed by atoms with van der Waals surface area (Å²) in [5.41, 5.74) is -0.574. The van der Waals surface area contributed by atoms with Crippen molar-refractivity contribution >= 4 is 15.8 Å². The van der Waals surface area contributed by atoms with Crippen LogP contribution in [0.4, 0.5) is 19.0 Å². The van der Waals surface area contributed by atoms with Crippen LogP contribution in [-0.2, 0) is 10.0 Å². The van der Waals surface area contributed by atoms with Crippen molar-refractivity contribution in [2.45, 2.75) is 18.3 Å². The zero-order valence-corrected chi connectivity index (χ0v) is 9.95. The third-order valence-corrected chi connectivity index (χ3v) is 2.66. The van der Waals surface area contributed by atoms with Crippen LogP contribution in [0.3, 0.4) is 0 Å². The van der Waals surface area contributed by atoms with Crippen LogP contribution in [-0.4, -0.2) is 24.7 Å². The summed E-state index contributed by atoms with van der Waals surface area (Å²) in [5.74, 6) is -2.15. The highest BCUT2D eigenvalue weighted by molar-refractivity contribution is 7.89. The molecule has 1 aromatic heterocycles. The van der Waals surface area contributed by atoms with Crippen LogP contribution in [0.15, 0.2) is 11.1 Å². The summed E-state index contributed by atoms with van der Waals surface area (Å²) in [5, 5.41) is 14.2. The number of hydrogen-bond donors (Lipinski definition) is 1. The van der Waals surface area contributed by atoms with E-state index in [-0.39, 0.29) is 0 Å². The number of nitrogens with zero attached hydrogens (tertiary/aromatic N) is 2. The zero-order valence-electron chi connectivity index (χ0n) is 9.13. The highest BCUT2D eigenvalue weighted by Crippen LogP contribution is 2.32. The average Bonchev–Trinajstić information content (AvgIpc) is 2.16. The summed E-state index contributed by atoms with van der Waals surface area (Å²) in [6.45, 7) is 0.930. The lowest BCUT2D eigenvalue weighted by Crippen LogP contribution is -2.20. The van der Waals surface area contributed by atoms with E-state index in [0.717, 1.165) is 6.92 Å². The first kappa shape index (κ1) is 15.1. The van der Waals surface area contributed by atoms with E-state index in [1.165, 1.54) is 0 Å². The topological polar surface area (TPSA) is 125 Å². The molecule has 0 fully saturated rings. The van der Waals surface area contributed by atoms with Crippen LogP contribution in [0, 0.1) is 17.0 Å². The number of nitrogens with two attached hydrogens (primary N) is 1. The normalized spacial score (nSPS) is 12.3. The van der Waals surface area contributed by atoms with E-state index in [9.17, 15) is 31.7 Å². The average molecular weight is 301 g/mol. The molecule has 1 aromatic rings. The van der Waals surface area contributed by atoms with Crippen molar-refractivity contribution in [2.24, 2.45) is 5.14 Å². The molecule has 12 heteroatoms. The van der Waals surface area contributed by atoms with Crippen LogP contribution in [0.5, 0.6) is 5.75 Å². The van der Waals surface area contributed by atoms with Gasteiger partial charge in [0.25, 0.3) is 15.0 Å². The number of halogens is 3. The lowest BCUT2D eigenvalue weighted by Gasteiger charge is -2.11. The largest absolute Gasteiger partial charge is 0.573 e. The molecule has 0 amide bonds. The molecule has 0 aliphatic heterocycles. The Morgan fingerprint density at radius 2 is 2.00 bits per heavy atom. The van der Waals surface area contributed by atoms with Gasteiger partial charge < -0.3 is 14.9 Å². The summed E-state index contributed by atoms with van der Waals surface area (Å²) in [6.07, 6.45) is -5.14. The number of hydrogen-bond acceptors (Lipinski definition) is 6. The van der Waals surface area contributed by atoms with E-state index in [1.54, 1.807) is 0 Å². The molecule has 0 aromatic carbocycles. The maximum Gasteiger partial charge on any atom is 0.573 e. The second kappa shape index (κ2) is 4.62. The van der Waals surface area contributed by atoms with Gasteiger partial charge in [-0.2, -0.15) is 0 Å². The lowest BCUT2D eigenvalue weighted by molar-refractivity contribution is -0.390. The number of pyridine rings is 1. The van der Waals surface area contributed by atoms with Gasteiger partial charge in [0.1, 0.15) is 5.75 Å². The third kappa shape index (κ3) is 3.75. The fraction of sp³-hybridized carbons (Fsp3) is 0.286. The van der Waals surface area contributed by atoms with Crippen molar-refractivity contribution in [3.8, 4) is 5.75 Å². The van der Waals surface area contributed by atoms with Gasteiger partial charge in [0.05, 0.1) is 5.56 Å². The predicted molar refractivity (Wildman–Crippen MR) is 53.7 cm³/mol. The quantitative estimate of drug-likeness (QED) is 0.651. The van der Waals surface area contributed by atoms with Gasteiger partial charge in [0, 0.05) is 6.07 Å². The van der Waals surface area contributed by atoms with Gasteiger partial charge in [-0.3, -0.25) is 0 Å². The van der Waals surface area contributed by atoms with Crippen LogP contribution >= 0.6 is 0 Å². The fourth-order valence-electron chi connectivity index (χ4n) is 1.11. The first-order valence-corrected chi connectivity index (χ1v) is 5.91. The Morgan fingerprint density at radius 3 is 2.37 bits per heavy atom. The van der Waals surface area contributed by atoms with Crippen molar-refractivity contribution in [1.82, 2.24) is 4.98 Å². The monoisotopic (exact) mass is 301 g/mol. The molecule has 8 nitrogen and oxygen atoms in total. The Bertz CT molecular complexity index is 628. The first-order chi connectivity index (χ1) is 8.42. The Morgan fingerprint density at radius 1 is 1.47 bits per heavy atom. The van der Waals surface area contributed by atoms with Gasteiger partial charge in [0.2, 0.25) is 0 Å². The maximum atomic E-state index is 12.1. The van der Waals surface area contributed by atoms with Gasteiger partial charge in [-0.25, -0.2) is 13.6 Å². The van der Waals surface area contributed by atoms with Crippen LogP contribution < -0.4 is 9.88 Å². The van der Waals surface area contributed by atoms with E-state index in [4.69, 9.17) is 0 Å². The van der Waals surface area contributed by atoms with E-state index in [1.807, 2.05) is 0 Å². The van der Waals surface area contributed by atoms with E-state index in [0.29, 0.717) is 6.07 Å². The molecule has 0 saturated heterocycles. The Labute approximate surface area is 104 Å². The molecule has 0 saturated carbocycles. The molecule has 0 bridgehead atoms. The summed E-state index contributed by atoms with van der Waals surface area (Å²) in [4.78, 5) is 12.5. The lowest BCUT2D eigenvalue weighted by atomic mass is 10.2. The van der Waals surface area contributed by atoms with E-state index in [2.05, 4.69) is 14.9 Å². The standard InChI is InChI=1S/C7H6F3N3O5S/c1-3-4(18-7(8,9)10)2-5(19(11,16)17)12-6(3)13(14)15/h2H,1H3,(H2,11,16,17). The molecular formula is C7H6F3N3O5S. The molecular weight excluding hydrogens is 295 g/mol. The minimum atomic E-state index is -5.14. The SMILES string of the molecule is Cc1c(OC(F)(F)F)cc(S(N)(=O)=O)nc1[N+](=O)[O-]. The summed E-state index contributed by atoms with van der Waals surface area (Å²) in [7, 11) is -4.52. The van der Waals surface area contributed by atoms with Gasteiger partial charge in [-0.15, -0.1) is 13.2 Å². The van der Waals surface area contributed by atoms with Crippen LogP contribution in [0.25, 0.3) is 0 Å². The summed E-state index contributed by atoms with van der Waals surface area (Å²) >= 11 is 0. The zero-order chi connectivity index (χ0) is 15.0. The Balaban J connectivity index is 3.54. The van der Waals surface area contributed by atoms with Crippen molar-refractivity contribution in [3.05, 3.63) is 21.7 Å². The summed E-state index contributed by atoms with van der Waals surface area (Å²) < 4.78 is 61.7. The van der Waals surface area contributed by atoms with Crippen LogP contribution in [0.1, 0.15) is 5.56 Å². The minimum Gasteiger partial charge on any atom is -0.405 e. The maximum absolute atomic E-state index is 12.1. The fourth-order valence-corrected chi connectivity index (χ4v) is 1.59. The number of rotatable bonds is 3. The van der Waals surface area contributed by atoms with Crippen LogP contribution in [0.2, 0.25) is 0 Å². The molecule has 0 aliphatic carbocycles. The molecule has 0 aliphatic rings. The smallest absolute Gasteiger partial charge is 0.405 e. The number of ether oxygens (including phenoxy) is 1. The Kier molecular flexibility index (Phi) is 3.67. The molecule has 1 rings (SSSR count). The van der Waals surface area contributed by atoms with Crippen molar-refractivity contribution in [3.63, 3.8) is 0 Å². The molecule has 106 valence electrons. The third-order valence-electron chi connectivity index (χ3n) is 1.87. The predicted octanol–water partition coefficient (Wildman–Crippen LogP) is 0.844. The molecule has 0 spiro atoms. The number of aromatic nitrogens is 1. The summed E-state index contributed by atoms with van der Waals surface area (Å²) in [6, 6.07) is 0.366. The molecule has 1 heterocycles. The number of sulfonamides is 1. The highest BCUT2D eigenvalue weighted by Gasteiger charge is 2.35. The molecule has 0 radical (unpaired) electrons. The molecule has 2 N–H and O–H groups in total. The highest BCUT2D eigenvalue weighted by atomic mass is 32.2. The number of alkyl halides is 3. The number of nitro groups is 1. The van der Waals surface area contributed by atoms with Gasteiger partial charge in [-0.1, -0.05) is 0 Å². The van der Waals surface area contributed by atoms with Gasteiger partial charge in [-0.05, 0) is 16.8 Å². The van der Waals surface area contributed by atoms with E-state index >= 15 is 0 Å². The van der Waals surface area contributed by atoms with Crippen molar-refractivity contribution in [1.29, 1.82) is 0 Å². The molecule has 0 atom stereocenters. The van der Waals surface area contributed by atoms with Gasteiger partial charge >= 0.3 is 12.2 Å².